The number of nitrogens with zero attached hydrogens (tertiary/aromatic N) is 2. The number of aryl methyl sites for hydroxylation is 1. The molecule has 102 valence electrons. The van der Waals surface area contributed by atoms with E-state index >= 15 is 0 Å². The first-order valence-corrected chi connectivity index (χ1v) is 7.07. The minimum absolute atomic E-state index is 0.207. The van der Waals surface area contributed by atoms with Crippen molar-refractivity contribution in [1.82, 2.24) is 0 Å². The highest BCUT2D eigenvalue weighted by atomic mass is 16.5. The molecular formula is C16H22N2O. The Kier molecular flexibility index (Phi) is 4.31. The fraction of sp³-hybridized carbons (Fsp3) is 0.562. The Morgan fingerprint density at radius 1 is 1.47 bits per heavy atom. The molecule has 3 nitrogen and oxygen atoms in total. The fourth-order valence-electron chi connectivity index (χ4n) is 2.39. The van der Waals surface area contributed by atoms with Gasteiger partial charge in [0, 0.05) is 6.54 Å². The number of benzene rings is 1. The third-order valence-electron chi connectivity index (χ3n) is 3.69. The van der Waals surface area contributed by atoms with Crippen molar-refractivity contribution in [3.63, 3.8) is 0 Å². The Balaban J connectivity index is 2.30. The zero-order valence-electron chi connectivity index (χ0n) is 12.0. The summed E-state index contributed by atoms with van der Waals surface area (Å²) in [7, 11) is 0. The summed E-state index contributed by atoms with van der Waals surface area (Å²) in [6.45, 7) is 8.17. The number of hydrogen-bond acceptors (Lipinski definition) is 3. The van der Waals surface area contributed by atoms with Crippen LogP contribution in [0.2, 0.25) is 0 Å². The van der Waals surface area contributed by atoms with Gasteiger partial charge >= 0.3 is 0 Å². The van der Waals surface area contributed by atoms with Gasteiger partial charge in [0.1, 0.15) is 11.9 Å². The molecule has 1 aliphatic rings. The van der Waals surface area contributed by atoms with Crippen LogP contribution in [-0.4, -0.2) is 19.2 Å². The zero-order valence-corrected chi connectivity index (χ0v) is 12.0. The molecule has 1 aliphatic heterocycles. The predicted octanol–water partition coefficient (Wildman–Crippen LogP) is 3.39. The summed E-state index contributed by atoms with van der Waals surface area (Å²) in [5, 5.41) is 8.81. The molecule has 1 unspecified atom stereocenters. The standard InChI is InChI=1S/C16H22N2O/c1-4-13-6-7-15-14(10-13)18(9-5-8-17)11-16(19-15)12(2)3/h6-7,10,12,16H,4-5,9,11H2,1-3H3. The third-order valence-corrected chi connectivity index (χ3v) is 3.69. The third kappa shape index (κ3) is 3.01. The van der Waals surface area contributed by atoms with Gasteiger partial charge in [0.2, 0.25) is 0 Å². The minimum Gasteiger partial charge on any atom is -0.486 e. The number of rotatable bonds is 4. The largest absolute Gasteiger partial charge is 0.486 e. The molecule has 0 saturated heterocycles. The lowest BCUT2D eigenvalue weighted by atomic mass is 10.0. The second kappa shape index (κ2) is 5.97. The van der Waals surface area contributed by atoms with Crippen LogP contribution in [0.4, 0.5) is 5.69 Å². The van der Waals surface area contributed by atoms with Crippen molar-refractivity contribution in [1.29, 1.82) is 5.26 Å². The summed E-state index contributed by atoms with van der Waals surface area (Å²) in [4.78, 5) is 2.30. The van der Waals surface area contributed by atoms with Crippen LogP contribution in [-0.2, 0) is 6.42 Å². The molecule has 1 heterocycles. The average Bonchev–Trinajstić information content (AvgIpc) is 2.43. The van der Waals surface area contributed by atoms with Gasteiger partial charge in [-0.1, -0.05) is 26.8 Å². The molecule has 2 rings (SSSR count). The van der Waals surface area contributed by atoms with Gasteiger partial charge in [-0.2, -0.15) is 5.26 Å². The van der Waals surface area contributed by atoms with Gasteiger partial charge < -0.3 is 9.64 Å². The lowest BCUT2D eigenvalue weighted by Gasteiger charge is -2.38. The lowest BCUT2D eigenvalue weighted by molar-refractivity contribution is 0.146. The molecule has 0 fully saturated rings. The van der Waals surface area contributed by atoms with E-state index in [1.54, 1.807) is 0 Å². The first-order valence-electron chi connectivity index (χ1n) is 7.07. The number of ether oxygens (including phenoxy) is 1. The number of anilines is 1. The van der Waals surface area contributed by atoms with Crippen molar-refractivity contribution in [2.24, 2.45) is 5.92 Å². The average molecular weight is 258 g/mol. The van der Waals surface area contributed by atoms with Crippen LogP contribution in [0.3, 0.4) is 0 Å². The van der Waals surface area contributed by atoms with E-state index in [0.29, 0.717) is 12.3 Å². The van der Waals surface area contributed by atoms with Crippen LogP contribution in [0.1, 0.15) is 32.8 Å². The van der Waals surface area contributed by atoms with Gasteiger partial charge in [-0.05, 0) is 30.0 Å². The monoisotopic (exact) mass is 258 g/mol. The van der Waals surface area contributed by atoms with Gasteiger partial charge in [0.05, 0.1) is 24.7 Å². The SMILES string of the molecule is CCc1ccc2c(c1)N(CCC#N)CC(C(C)C)O2. The molecule has 19 heavy (non-hydrogen) atoms. The smallest absolute Gasteiger partial charge is 0.143 e. The van der Waals surface area contributed by atoms with Gasteiger partial charge in [0.25, 0.3) is 0 Å². The summed E-state index contributed by atoms with van der Waals surface area (Å²) in [5.74, 6) is 1.43. The van der Waals surface area contributed by atoms with E-state index < -0.39 is 0 Å². The van der Waals surface area contributed by atoms with Gasteiger partial charge in [0.15, 0.2) is 0 Å². The molecule has 1 aromatic rings. The number of nitriles is 1. The van der Waals surface area contributed by atoms with Crippen molar-refractivity contribution in [2.45, 2.75) is 39.7 Å². The van der Waals surface area contributed by atoms with Crippen molar-refractivity contribution in [3.8, 4) is 11.8 Å². The Morgan fingerprint density at radius 2 is 2.26 bits per heavy atom. The van der Waals surface area contributed by atoms with Crippen molar-refractivity contribution < 1.29 is 4.74 Å². The van der Waals surface area contributed by atoms with E-state index in [1.165, 1.54) is 5.56 Å². The predicted molar refractivity (Wildman–Crippen MR) is 77.5 cm³/mol. The minimum atomic E-state index is 0.207. The van der Waals surface area contributed by atoms with E-state index in [0.717, 1.165) is 30.9 Å². The van der Waals surface area contributed by atoms with Crippen LogP contribution >= 0.6 is 0 Å². The molecular weight excluding hydrogens is 236 g/mol. The summed E-state index contributed by atoms with van der Waals surface area (Å²) < 4.78 is 6.08. The summed E-state index contributed by atoms with van der Waals surface area (Å²) in [5.41, 5.74) is 2.46. The highest BCUT2D eigenvalue weighted by Crippen LogP contribution is 2.35. The Bertz CT molecular complexity index is 476. The maximum atomic E-state index is 8.81. The van der Waals surface area contributed by atoms with Gasteiger partial charge in [-0.25, -0.2) is 0 Å². The van der Waals surface area contributed by atoms with Crippen LogP contribution in [0.25, 0.3) is 0 Å². The Labute approximate surface area is 115 Å². The second-order valence-corrected chi connectivity index (χ2v) is 5.41. The molecule has 0 radical (unpaired) electrons. The summed E-state index contributed by atoms with van der Waals surface area (Å²) in [6.07, 6.45) is 1.78. The van der Waals surface area contributed by atoms with Crippen molar-refractivity contribution in [2.75, 3.05) is 18.0 Å². The quantitative estimate of drug-likeness (QED) is 0.830. The normalized spacial score (nSPS) is 17.8. The van der Waals surface area contributed by atoms with E-state index in [-0.39, 0.29) is 6.10 Å². The summed E-state index contributed by atoms with van der Waals surface area (Å²) in [6, 6.07) is 8.63. The molecule has 3 heteroatoms. The Hall–Kier alpha value is -1.69. The van der Waals surface area contributed by atoms with Crippen LogP contribution in [0, 0.1) is 17.2 Å². The van der Waals surface area contributed by atoms with E-state index in [4.69, 9.17) is 10.00 Å². The molecule has 0 bridgehead atoms. The molecule has 1 aromatic carbocycles. The Morgan fingerprint density at radius 3 is 2.89 bits per heavy atom. The van der Waals surface area contributed by atoms with Gasteiger partial charge in [-0.15, -0.1) is 0 Å². The highest BCUT2D eigenvalue weighted by molar-refractivity contribution is 5.61. The van der Waals surface area contributed by atoms with Crippen LogP contribution in [0.15, 0.2) is 18.2 Å². The lowest BCUT2D eigenvalue weighted by Crippen LogP contribution is -2.43. The molecule has 0 amide bonds. The topological polar surface area (TPSA) is 36.3 Å². The molecule has 0 aromatic heterocycles. The van der Waals surface area contributed by atoms with Gasteiger partial charge in [-0.3, -0.25) is 0 Å². The number of fused-ring (bicyclic) bond motifs is 1. The molecule has 0 spiro atoms. The summed E-state index contributed by atoms with van der Waals surface area (Å²) >= 11 is 0. The van der Waals surface area contributed by atoms with E-state index in [9.17, 15) is 0 Å². The molecule has 1 atom stereocenters. The molecule has 0 N–H and O–H groups in total. The van der Waals surface area contributed by atoms with E-state index in [1.807, 2.05) is 0 Å². The fourth-order valence-corrected chi connectivity index (χ4v) is 2.39. The van der Waals surface area contributed by atoms with Crippen molar-refractivity contribution >= 4 is 5.69 Å². The second-order valence-electron chi connectivity index (χ2n) is 5.41. The molecule has 0 aliphatic carbocycles. The highest BCUT2D eigenvalue weighted by Gasteiger charge is 2.27. The molecule has 0 saturated carbocycles. The number of hydrogen-bond donors (Lipinski definition) is 0. The maximum absolute atomic E-state index is 8.81. The first kappa shape index (κ1) is 13.7. The zero-order chi connectivity index (χ0) is 13.8. The van der Waals surface area contributed by atoms with Crippen molar-refractivity contribution in [3.05, 3.63) is 23.8 Å². The van der Waals surface area contributed by atoms with Crippen LogP contribution < -0.4 is 9.64 Å². The van der Waals surface area contributed by atoms with E-state index in [2.05, 4.69) is 49.9 Å². The first-order chi connectivity index (χ1) is 9.15. The van der Waals surface area contributed by atoms with Crippen LogP contribution in [0.5, 0.6) is 5.75 Å². The maximum Gasteiger partial charge on any atom is 0.143 e.